The van der Waals surface area contributed by atoms with Crippen molar-refractivity contribution < 1.29 is 66.7 Å². The summed E-state index contributed by atoms with van der Waals surface area (Å²) in [6, 6.07) is 0. The summed E-state index contributed by atoms with van der Waals surface area (Å²) in [6.45, 7) is 25.0. The van der Waals surface area contributed by atoms with Crippen LogP contribution in [0.15, 0.2) is 0 Å². The molecular formula is C39H68O14. The van der Waals surface area contributed by atoms with Crippen LogP contribution in [0.25, 0.3) is 0 Å². The number of ether oxygens (including phenoxy) is 7. The molecule has 14 nitrogen and oxygen atoms in total. The van der Waals surface area contributed by atoms with E-state index in [1.165, 1.54) is 0 Å². The van der Waals surface area contributed by atoms with Gasteiger partial charge in [0.1, 0.15) is 51.7 Å². The van der Waals surface area contributed by atoms with Crippen LogP contribution in [0.4, 0.5) is 0 Å². The van der Waals surface area contributed by atoms with Gasteiger partial charge in [0.2, 0.25) is 0 Å². The predicted octanol–water partition coefficient (Wildman–Crippen LogP) is 5.75. The van der Waals surface area contributed by atoms with Crippen LogP contribution in [0.5, 0.6) is 0 Å². The molecule has 0 amide bonds. The minimum absolute atomic E-state index is 0.0390. The van der Waals surface area contributed by atoms with E-state index in [1.807, 2.05) is 6.92 Å². The third-order valence-electron chi connectivity index (χ3n) is 7.69. The van der Waals surface area contributed by atoms with E-state index >= 15 is 0 Å². The Morgan fingerprint density at radius 3 is 0.547 bits per heavy atom. The van der Waals surface area contributed by atoms with Gasteiger partial charge in [0.25, 0.3) is 0 Å². The van der Waals surface area contributed by atoms with Crippen LogP contribution in [0.3, 0.4) is 0 Å². The second-order valence-corrected chi connectivity index (χ2v) is 15.7. The SMILES string of the molecule is CC(C)C(=O)OCC(COC(=O)C(C)C)(COC(=O)C(C)C)COC(=O)C(C)C.CCC(COC(=O)C(C)C)(COC(=O)C(C)C)COC(=O)C(C)C. The summed E-state index contributed by atoms with van der Waals surface area (Å²) in [5, 5.41) is 0. The Balaban J connectivity index is 0. The van der Waals surface area contributed by atoms with Crippen LogP contribution in [0, 0.1) is 52.3 Å². The Hall–Kier alpha value is -3.71. The third-order valence-corrected chi connectivity index (χ3v) is 7.69. The zero-order valence-electron chi connectivity index (χ0n) is 34.9. The number of carbonyl (C=O) groups is 7. The predicted molar refractivity (Wildman–Crippen MR) is 196 cm³/mol. The normalized spacial score (nSPS) is 11.7. The maximum Gasteiger partial charge on any atom is 0.308 e. The van der Waals surface area contributed by atoms with Crippen LogP contribution >= 0.6 is 0 Å². The second-order valence-electron chi connectivity index (χ2n) is 15.7. The van der Waals surface area contributed by atoms with Crippen molar-refractivity contribution >= 4 is 41.8 Å². The molecule has 0 saturated heterocycles. The molecule has 0 rings (SSSR count). The first-order chi connectivity index (χ1) is 24.4. The highest BCUT2D eigenvalue weighted by Crippen LogP contribution is 2.26. The summed E-state index contributed by atoms with van der Waals surface area (Å²) in [4.78, 5) is 83.2. The van der Waals surface area contributed by atoms with Crippen molar-refractivity contribution in [1.29, 1.82) is 0 Å². The zero-order chi connectivity index (χ0) is 41.7. The molecule has 0 radical (unpaired) electrons. The van der Waals surface area contributed by atoms with E-state index in [1.54, 1.807) is 96.9 Å². The van der Waals surface area contributed by atoms with Crippen LogP contribution in [-0.4, -0.2) is 88.0 Å². The average Bonchev–Trinajstić information content (AvgIpc) is 3.09. The summed E-state index contributed by atoms with van der Waals surface area (Å²) in [7, 11) is 0. The molecule has 0 aromatic heterocycles. The van der Waals surface area contributed by atoms with Gasteiger partial charge in [-0.15, -0.1) is 0 Å². The molecule has 0 heterocycles. The largest absolute Gasteiger partial charge is 0.465 e. The van der Waals surface area contributed by atoms with Gasteiger partial charge < -0.3 is 33.2 Å². The molecule has 0 unspecified atom stereocenters. The molecular weight excluding hydrogens is 692 g/mol. The topological polar surface area (TPSA) is 184 Å². The monoisotopic (exact) mass is 760 g/mol. The maximum absolute atomic E-state index is 12.0. The molecule has 0 bridgehead atoms. The summed E-state index contributed by atoms with van der Waals surface area (Å²) in [5.41, 5.74) is -1.94. The molecule has 0 spiro atoms. The molecule has 0 N–H and O–H groups in total. The molecule has 0 saturated carbocycles. The van der Waals surface area contributed by atoms with E-state index in [4.69, 9.17) is 33.2 Å². The Morgan fingerprint density at radius 2 is 0.434 bits per heavy atom. The van der Waals surface area contributed by atoms with Crippen LogP contribution in [-0.2, 0) is 66.7 Å². The molecule has 0 atom stereocenters. The number of carbonyl (C=O) groups excluding carboxylic acids is 7. The van der Waals surface area contributed by atoms with Gasteiger partial charge in [0, 0.05) is 0 Å². The first kappa shape index (κ1) is 51.4. The summed E-state index contributed by atoms with van der Waals surface area (Å²) in [5.74, 6) is -5.11. The Morgan fingerprint density at radius 1 is 0.302 bits per heavy atom. The highest BCUT2D eigenvalue weighted by Gasteiger charge is 2.39. The van der Waals surface area contributed by atoms with Crippen LogP contribution in [0.1, 0.15) is 110 Å². The van der Waals surface area contributed by atoms with Gasteiger partial charge in [0.05, 0.1) is 46.8 Å². The molecule has 0 aliphatic carbocycles. The van der Waals surface area contributed by atoms with Crippen LogP contribution < -0.4 is 0 Å². The van der Waals surface area contributed by atoms with Gasteiger partial charge in [-0.1, -0.05) is 104 Å². The van der Waals surface area contributed by atoms with Crippen molar-refractivity contribution in [3.63, 3.8) is 0 Å². The van der Waals surface area contributed by atoms with Crippen LogP contribution in [0.2, 0.25) is 0 Å². The number of esters is 7. The third kappa shape index (κ3) is 21.6. The smallest absolute Gasteiger partial charge is 0.308 e. The van der Waals surface area contributed by atoms with Crippen molar-refractivity contribution in [2.45, 2.75) is 110 Å². The van der Waals surface area contributed by atoms with Crippen molar-refractivity contribution in [2.75, 3.05) is 46.2 Å². The van der Waals surface area contributed by atoms with Crippen molar-refractivity contribution in [3.05, 3.63) is 0 Å². The lowest BCUT2D eigenvalue weighted by molar-refractivity contribution is -0.175. The average molecular weight is 761 g/mol. The zero-order valence-corrected chi connectivity index (χ0v) is 34.9. The Bertz CT molecular complexity index is 1010. The quantitative estimate of drug-likeness (QED) is 0.0960. The maximum atomic E-state index is 12.0. The highest BCUT2D eigenvalue weighted by molar-refractivity contribution is 5.74. The summed E-state index contributed by atoms with van der Waals surface area (Å²) >= 11 is 0. The molecule has 0 aliphatic heterocycles. The summed E-state index contributed by atoms with van der Waals surface area (Å²) < 4.78 is 37.3. The molecule has 0 fully saturated rings. The number of rotatable bonds is 22. The molecule has 0 aliphatic rings. The first-order valence-electron chi connectivity index (χ1n) is 18.5. The summed E-state index contributed by atoms with van der Waals surface area (Å²) in [6.07, 6.45) is 0.537. The van der Waals surface area contributed by atoms with Gasteiger partial charge in [-0.25, -0.2) is 0 Å². The number of hydrogen-bond acceptors (Lipinski definition) is 14. The van der Waals surface area contributed by atoms with E-state index in [0.29, 0.717) is 6.42 Å². The fourth-order valence-electron chi connectivity index (χ4n) is 3.42. The van der Waals surface area contributed by atoms with Crippen molar-refractivity contribution in [1.82, 2.24) is 0 Å². The van der Waals surface area contributed by atoms with E-state index < -0.39 is 34.7 Å². The fraction of sp³-hybridized carbons (Fsp3) is 0.821. The van der Waals surface area contributed by atoms with Gasteiger partial charge >= 0.3 is 41.8 Å². The number of hydrogen-bond donors (Lipinski definition) is 0. The first-order valence-corrected chi connectivity index (χ1v) is 18.5. The molecule has 14 heteroatoms. The van der Waals surface area contributed by atoms with Gasteiger partial charge in [-0.05, 0) is 6.42 Å². The Labute approximate surface area is 317 Å². The second kappa shape index (κ2) is 25.3. The minimum Gasteiger partial charge on any atom is -0.465 e. The van der Waals surface area contributed by atoms with Crippen molar-refractivity contribution in [2.24, 2.45) is 52.3 Å². The molecule has 0 aromatic carbocycles. The molecule has 0 aromatic rings. The van der Waals surface area contributed by atoms with Gasteiger partial charge in [-0.3, -0.25) is 33.6 Å². The Kier molecular flexibility index (Phi) is 24.6. The van der Waals surface area contributed by atoms with Gasteiger partial charge in [-0.2, -0.15) is 0 Å². The minimum atomic E-state index is -1.20. The van der Waals surface area contributed by atoms with E-state index in [-0.39, 0.29) is 106 Å². The lowest BCUT2D eigenvalue weighted by atomic mass is 9.87. The van der Waals surface area contributed by atoms with E-state index in [0.717, 1.165) is 0 Å². The fourth-order valence-corrected chi connectivity index (χ4v) is 3.42. The lowest BCUT2D eigenvalue weighted by Crippen LogP contribution is -2.45. The van der Waals surface area contributed by atoms with Gasteiger partial charge in [0.15, 0.2) is 0 Å². The van der Waals surface area contributed by atoms with E-state index in [2.05, 4.69) is 0 Å². The molecule has 308 valence electrons. The van der Waals surface area contributed by atoms with E-state index in [9.17, 15) is 33.6 Å². The standard InChI is InChI=1S/C21H36O8.C18H32O6/c1-13(2)17(22)26-9-21(10-27-18(23)14(3)4,11-28-19(24)15(5)6)12-29-20(25)16(7)8;1-8-18(9-22-15(19)12(2)3,10-23-16(20)13(4)5)11-24-17(21)14(6)7/h13-16H,9-12H2,1-8H3;12-14H,8-11H2,1-7H3. The van der Waals surface area contributed by atoms with Crippen molar-refractivity contribution in [3.8, 4) is 0 Å². The highest BCUT2D eigenvalue weighted by atomic mass is 16.6. The lowest BCUT2D eigenvalue weighted by Gasteiger charge is -2.32. The molecule has 53 heavy (non-hydrogen) atoms.